The molecule has 0 radical (unpaired) electrons. The fourth-order valence-corrected chi connectivity index (χ4v) is 3.73. The summed E-state index contributed by atoms with van der Waals surface area (Å²) in [5.74, 6) is 1.72. The monoisotopic (exact) mass is 311 g/mol. The van der Waals surface area contributed by atoms with Crippen LogP contribution in [-0.2, 0) is 23.5 Å². The van der Waals surface area contributed by atoms with E-state index in [9.17, 15) is 4.79 Å². The van der Waals surface area contributed by atoms with E-state index in [-0.39, 0.29) is 5.91 Å². The molecule has 114 valence electrons. The van der Waals surface area contributed by atoms with Crippen molar-refractivity contribution in [1.29, 1.82) is 0 Å². The summed E-state index contributed by atoms with van der Waals surface area (Å²) in [6.07, 6.45) is 0.977. The number of hydrogen-bond donors (Lipinski definition) is 0. The highest BCUT2D eigenvalue weighted by Crippen LogP contribution is 2.20. The van der Waals surface area contributed by atoms with E-state index in [0.29, 0.717) is 5.75 Å². The van der Waals surface area contributed by atoms with Crippen molar-refractivity contribution in [3.05, 3.63) is 70.8 Å². The Bertz CT molecular complexity index is 668. The molecular weight excluding hydrogens is 290 g/mol. The smallest absolute Gasteiger partial charge is 0.232 e. The summed E-state index contributed by atoms with van der Waals surface area (Å²) in [4.78, 5) is 14.4. The number of benzene rings is 2. The molecule has 0 spiro atoms. The van der Waals surface area contributed by atoms with Crippen LogP contribution in [0, 0.1) is 6.92 Å². The lowest BCUT2D eigenvalue weighted by molar-refractivity contribution is -0.129. The zero-order valence-corrected chi connectivity index (χ0v) is 13.7. The van der Waals surface area contributed by atoms with Crippen LogP contribution in [0.15, 0.2) is 48.5 Å². The normalized spacial score (nSPS) is 13.8. The van der Waals surface area contributed by atoms with Gasteiger partial charge in [0.05, 0.1) is 5.75 Å². The van der Waals surface area contributed by atoms with Gasteiger partial charge in [0.15, 0.2) is 0 Å². The molecule has 0 saturated heterocycles. The maximum atomic E-state index is 12.4. The third-order valence-electron chi connectivity index (χ3n) is 4.06. The number of carbonyl (C=O) groups is 1. The van der Waals surface area contributed by atoms with Crippen molar-refractivity contribution in [3.8, 4) is 0 Å². The highest BCUT2D eigenvalue weighted by atomic mass is 32.2. The summed E-state index contributed by atoms with van der Waals surface area (Å²) in [6, 6.07) is 16.9. The lowest BCUT2D eigenvalue weighted by Crippen LogP contribution is -2.37. The van der Waals surface area contributed by atoms with E-state index < -0.39 is 0 Å². The van der Waals surface area contributed by atoms with Crippen LogP contribution >= 0.6 is 11.8 Å². The molecule has 2 nitrogen and oxygen atoms in total. The Morgan fingerprint density at radius 1 is 1.14 bits per heavy atom. The summed E-state index contributed by atoms with van der Waals surface area (Å²) in [5, 5.41) is 0. The van der Waals surface area contributed by atoms with Crippen molar-refractivity contribution in [1.82, 2.24) is 4.90 Å². The van der Waals surface area contributed by atoms with Gasteiger partial charge in [-0.2, -0.15) is 0 Å². The third kappa shape index (κ3) is 3.72. The van der Waals surface area contributed by atoms with E-state index in [4.69, 9.17) is 0 Å². The van der Waals surface area contributed by atoms with E-state index in [1.165, 1.54) is 22.3 Å². The number of nitrogens with zero attached hydrogens (tertiary/aromatic N) is 1. The Morgan fingerprint density at radius 3 is 2.77 bits per heavy atom. The molecule has 1 amide bonds. The van der Waals surface area contributed by atoms with Gasteiger partial charge in [-0.05, 0) is 30.0 Å². The van der Waals surface area contributed by atoms with Gasteiger partial charge in [-0.15, -0.1) is 11.8 Å². The van der Waals surface area contributed by atoms with Gasteiger partial charge in [-0.25, -0.2) is 0 Å². The van der Waals surface area contributed by atoms with Crippen LogP contribution in [0.4, 0.5) is 0 Å². The number of aryl methyl sites for hydroxylation is 1. The first-order chi connectivity index (χ1) is 10.7. The van der Waals surface area contributed by atoms with Gasteiger partial charge in [0, 0.05) is 18.8 Å². The van der Waals surface area contributed by atoms with Gasteiger partial charge >= 0.3 is 0 Å². The minimum absolute atomic E-state index is 0.257. The van der Waals surface area contributed by atoms with Crippen molar-refractivity contribution < 1.29 is 4.79 Å². The van der Waals surface area contributed by atoms with Gasteiger partial charge in [-0.3, -0.25) is 4.79 Å². The van der Waals surface area contributed by atoms with E-state index >= 15 is 0 Å². The van der Waals surface area contributed by atoms with Gasteiger partial charge in [0.2, 0.25) is 5.91 Å². The number of rotatable bonds is 4. The van der Waals surface area contributed by atoms with Gasteiger partial charge in [-0.1, -0.05) is 54.1 Å². The Hall–Kier alpha value is -1.74. The summed E-state index contributed by atoms with van der Waals surface area (Å²) >= 11 is 1.71. The second-order valence-corrected chi connectivity index (χ2v) is 6.80. The molecule has 1 aliphatic heterocycles. The minimum Gasteiger partial charge on any atom is -0.337 e. The number of hydrogen-bond acceptors (Lipinski definition) is 2. The van der Waals surface area contributed by atoms with E-state index in [1.807, 2.05) is 4.90 Å². The topological polar surface area (TPSA) is 20.3 Å². The third-order valence-corrected chi connectivity index (χ3v) is 5.05. The molecule has 0 saturated carbocycles. The highest BCUT2D eigenvalue weighted by molar-refractivity contribution is 7.99. The van der Waals surface area contributed by atoms with Gasteiger partial charge in [0.25, 0.3) is 0 Å². The molecule has 0 aromatic heterocycles. The first-order valence-electron chi connectivity index (χ1n) is 7.70. The van der Waals surface area contributed by atoms with Crippen molar-refractivity contribution in [2.45, 2.75) is 25.6 Å². The minimum atomic E-state index is 0.257. The van der Waals surface area contributed by atoms with Crippen LogP contribution in [0.3, 0.4) is 0 Å². The lowest BCUT2D eigenvalue weighted by atomic mass is 10.00. The maximum absolute atomic E-state index is 12.4. The molecule has 0 atom stereocenters. The molecule has 22 heavy (non-hydrogen) atoms. The first-order valence-corrected chi connectivity index (χ1v) is 8.86. The molecule has 3 rings (SSSR count). The summed E-state index contributed by atoms with van der Waals surface area (Å²) in [7, 11) is 0. The van der Waals surface area contributed by atoms with Crippen LogP contribution in [0.25, 0.3) is 0 Å². The lowest BCUT2D eigenvalue weighted by Gasteiger charge is -2.28. The van der Waals surface area contributed by atoms with Crippen LogP contribution in [-0.4, -0.2) is 23.1 Å². The van der Waals surface area contributed by atoms with Crippen molar-refractivity contribution in [3.63, 3.8) is 0 Å². The number of amides is 1. The van der Waals surface area contributed by atoms with Crippen LogP contribution in [0.5, 0.6) is 0 Å². The summed E-state index contributed by atoms with van der Waals surface area (Å²) in [6.45, 7) is 3.71. The zero-order chi connectivity index (χ0) is 15.4. The first kappa shape index (κ1) is 15.2. The Balaban J connectivity index is 1.51. The molecule has 0 bridgehead atoms. The van der Waals surface area contributed by atoms with E-state index in [1.54, 1.807) is 11.8 Å². The quantitative estimate of drug-likeness (QED) is 0.855. The molecule has 1 aliphatic rings. The number of thioether (sulfide) groups is 1. The molecule has 1 heterocycles. The van der Waals surface area contributed by atoms with Crippen LogP contribution in [0.1, 0.15) is 22.3 Å². The number of carbonyl (C=O) groups excluding carboxylic acids is 1. The zero-order valence-electron chi connectivity index (χ0n) is 12.9. The van der Waals surface area contributed by atoms with Crippen molar-refractivity contribution in [2.24, 2.45) is 0 Å². The maximum Gasteiger partial charge on any atom is 0.232 e. The Labute approximate surface area is 136 Å². The molecule has 0 N–H and O–H groups in total. The summed E-state index contributed by atoms with van der Waals surface area (Å²) < 4.78 is 0. The number of fused-ring (bicyclic) bond motifs is 1. The predicted molar refractivity (Wildman–Crippen MR) is 92.9 cm³/mol. The van der Waals surface area contributed by atoms with Gasteiger partial charge < -0.3 is 4.90 Å². The SMILES string of the molecule is Cc1cccc(CSCC(=O)N2CCc3ccccc3C2)c1. The molecule has 2 aromatic rings. The van der Waals surface area contributed by atoms with Crippen LogP contribution < -0.4 is 0 Å². The Kier molecular flexibility index (Phi) is 4.84. The molecule has 0 fully saturated rings. The fourth-order valence-electron chi connectivity index (χ4n) is 2.86. The average Bonchev–Trinajstić information content (AvgIpc) is 2.54. The van der Waals surface area contributed by atoms with Gasteiger partial charge in [0.1, 0.15) is 0 Å². The highest BCUT2D eigenvalue weighted by Gasteiger charge is 2.19. The van der Waals surface area contributed by atoms with Crippen molar-refractivity contribution in [2.75, 3.05) is 12.3 Å². The molecule has 3 heteroatoms. The molecule has 2 aromatic carbocycles. The van der Waals surface area contributed by atoms with Crippen molar-refractivity contribution >= 4 is 17.7 Å². The molecule has 0 aliphatic carbocycles. The summed E-state index contributed by atoms with van der Waals surface area (Å²) in [5.41, 5.74) is 5.25. The average molecular weight is 311 g/mol. The molecular formula is C19H21NOS. The second-order valence-electron chi connectivity index (χ2n) is 5.82. The second kappa shape index (κ2) is 7.01. The fraction of sp³-hybridized carbons (Fsp3) is 0.316. The van der Waals surface area contributed by atoms with E-state index in [2.05, 4.69) is 55.5 Å². The largest absolute Gasteiger partial charge is 0.337 e. The molecule has 0 unspecified atom stereocenters. The Morgan fingerprint density at radius 2 is 1.95 bits per heavy atom. The van der Waals surface area contributed by atoms with E-state index in [0.717, 1.165) is 25.3 Å². The standard InChI is InChI=1S/C19H21NOS/c1-15-5-4-6-16(11-15)13-22-14-19(21)20-10-9-17-7-2-3-8-18(17)12-20/h2-8,11H,9-10,12-14H2,1H3. The van der Waals surface area contributed by atoms with Crippen LogP contribution in [0.2, 0.25) is 0 Å². The predicted octanol–water partition coefficient (Wildman–Crippen LogP) is 3.81.